The maximum atomic E-state index is 12.3. The summed E-state index contributed by atoms with van der Waals surface area (Å²) < 4.78 is 4.89. The molecule has 1 fully saturated rings. The third-order valence-electron chi connectivity index (χ3n) is 3.96. The fraction of sp³-hybridized carbons (Fsp3) is 0.412. The molecule has 1 saturated carbocycles. The number of hydrogen-bond acceptors (Lipinski definition) is 5. The third-order valence-corrected chi connectivity index (χ3v) is 3.96. The molecule has 2 amide bonds. The summed E-state index contributed by atoms with van der Waals surface area (Å²) in [4.78, 5) is 46.4. The molecule has 1 aromatic carbocycles. The Labute approximate surface area is 139 Å². The molecule has 1 aromatic rings. The monoisotopic (exact) mass is 332 g/mol. The summed E-state index contributed by atoms with van der Waals surface area (Å²) in [5.74, 6) is -1.44. The van der Waals surface area contributed by atoms with Crippen LogP contribution in [-0.4, -0.2) is 29.6 Å². The van der Waals surface area contributed by atoms with Gasteiger partial charge in [-0.25, -0.2) is 0 Å². The molecule has 0 unspecified atom stereocenters. The number of rotatable bonds is 5. The number of amides is 2. The zero-order valence-corrected chi connectivity index (χ0v) is 13.4. The second kappa shape index (κ2) is 7.72. The summed E-state index contributed by atoms with van der Waals surface area (Å²) in [5, 5.41) is 2.61. The SMILES string of the molecule is CC(=O)Oc1ccc(C(=O)N[C@H](C(N)=O)[C@@H]2CCCC(=O)C2)cc1. The highest BCUT2D eigenvalue weighted by Gasteiger charge is 2.32. The molecule has 3 N–H and O–H groups in total. The summed E-state index contributed by atoms with van der Waals surface area (Å²) in [6.07, 6.45) is 2.12. The van der Waals surface area contributed by atoms with E-state index < -0.39 is 23.8 Å². The molecule has 0 heterocycles. The Morgan fingerprint density at radius 2 is 1.92 bits per heavy atom. The van der Waals surface area contributed by atoms with Gasteiger partial charge in [0.05, 0.1) is 0 Å². The van der Waals surface area contributed by atoms with E-state index in [-0.39, 0.29) is 18.1 Å². The quantitative estimate of drug-likeness (QED) is 0.615. The smallest absolute Gasteiger partial charge is 0.308 e. The van der Waals surface area contributed by atoms with E-state index in [9.17, 15) is 19.2 Å². The highest BCUT2D eigenvalue weighted by Crippen LogP contribution is 2.24. The zero-order valence-electron chi connectivity index (χ0n) is 13.4. The van der Waals surface area contributed by atoms with Crippen LogP contribution in [-0.2, 0) is 14.4 Å². The van der Waals surface area contributed by atoms with Gasteiger partial charge in [-0.05, 0) is 43.0 Å². The molecule has 0 saturated heterocycles. The summed E-state index contributed by atoms with van der Waals surface area (Å²) in [7, 11) is 0. The minimum Gasteiger partial charge on any atom is -0.427 e. The predicted octanol–water partition coefficient (Wildman–Crippen LogP) is 0.955. The highest BCUT2D eigenvalue weighted by atomic mass is 16.5. The topological polar surface area (TPSA) is 116 Å². The molecule has 2 atom stereocenters. The number of carbonyl (C=O) groups excluding carboxylic acids is 4. The lowest BCUT2D eigenvalue weighted by Gasteiger charge is -2.28. The van der Waals surface area contributed by atoms with Crippen LogP contribution < -0.4 is 15.8 Å². The van der Waals surface area contributed by atoms with Gasteiger partial charge in [-0.1, -0.05) is 0 Å². The number of primary amides is 1. The van der Waals surface area contributed by atoms with Crippen LogP contribution in [0.15, 0.2) is 24.3 Å². The van der Waals surface area contributed by atoms with E-state index in [4.69, 9.17) is 10.5 Å². The van der Waals surface area contributed by atoms with Gasteiger partial charge in [-0.15, -0.1) is 0 Å². The van der Waals surface area contributed by atoms with Crippen LogP contribution >= 0.6 is 0 Å². The number of esters is 1. The van der Waals surface area contributed by atoms with Crippen LogP contribution in [0.25, 0.3) is 0 Å². The second-order valence-corrected chi connectivity index (χ2v) is 5.87. The molecule has 0 aromatic heterocycles. The van der Waals surface area contributed by atoms with E-state index in [0.29, 0.717) is 30.6 Å². The maximum Gasteiger partial charge on any atom is 0.308 e. The molecule has 24 heavy (non-hydrogen) atoms. The van der Waals surface area contributed by atoms with Crippen molar-refractivity contribution in [2.75, 3.05) is 0 Å². The molecule has 128 valence electrons. The number of benzene rings is 1. The minimum absolute atomic E-state index is 0.0810. The molecule has 0 spiro atoms. The van der Waals surface area contributed by atoms with Crippen LogP contribution in [0.4, 0.5) is 0 Å². The first-order valence-electron chi connectivity index (χ1n) is 7.77. The van der Waals surface area contributed by atoms with Crippen molar-refractivity contribution in [3.63, 3.8) is 0 Å². The van der Waals surface area contributed by atoms with Crippen molar-refractivity contribution in [3.8, 4) is 5.75 Å². The molecule has 7 heteroatoms. The average Bonchev–Trinajstić information content (AvgIpc) is 2.52. The highest BCUT2D eigenvalue weighted by molar-refractivity contribution is 5.97. The number of ether oxygens (including phenoxy) is 1. The fourth-order valence-corrected chi connectivity index (χ4v) is 2.83. The van der Waals surface area contributed by atoms with E-state index in [1.54, 1.807) is 0 Å². The van der Waals surface area contributed by atoms with Crippen LogP contribution in [0.3, 0.4) is 0 Å². The van der Waals surface area contributed by atoms with Crippen molar-refractivity contribution >= 4 is 23.6 Å². The Balaban J connectivity index is 2.06. The summed E-state index contributed by atoms with van der Waals surface area (Å²) >= 11 is 0. The molecule has 7 nitrogen and oxygen atoms in total. The second-order valence-electron chi connectivity index (χ2n) is 5.87. The molecular weight excluding hydrogens is 312 g/mol. The normalized spacial score (nSPS) is 18.5. The van der Waals surface area contributed by atoms with Crippen LogP contribution in [0.2, 0.25) is 0 Å². The van der Waals surface area contributed by atoms with E-state index in [2.05, 4.69) is 5.32 Å². The molecule has 1 aliphatic rings. The number of hydrogen-bond donors (Lipinski definition) is 2. The van der Waals surface area contributed by atoms with Gasteiger partial charge < -0.3 is 15.8 Å². The molecular formula is C17H20N2O5. The average molecular weight is 332 g/mol. The number of nitrogens with one attached hydrogen (secondary N) is 1. The molecule has 0 bridgehead atoms. The lowest BCUT2D eigenvalue weighted by Crippen LogP contribution is -2.50. The van der Waals surface area contributed by atoms with E-state index >= 15 is 0 Å². The summed E-state index contributed by atoms with van der Waals surface area (Å²) in [6.45, 7) is 1.28. The van der Waals surface area contributed by atoms with Gasteiger partial charge in [0.25, 0.3) is 5.91 Å². The van der Waals surface area contributed by atoms with Crippen molar-refractivity contribution in [3.05, 3.63) is 29.8 Å². The number of nitrogens with two attached hydrogens (primary N) is 1. The third kappa shape index (κ3) is 4.65. The number of Topliss-reactive ketones (excluding diaryl/α,β-unsaturated/α-hetero) is 1. The summed E-state index contributed by atoms with van der Waals surface area (Å²) in [6, 6.07) is 5.06. The first-order valence-corrected chi connectivity index (χ1v) is 7.77. The lowest BCUT2D eigenvalue weighted by molar-refractivity contribution is -0.132. The Morgan fingerprint density at radius 3 is 2.46 bits per heavy atom. The van der Waals surface area contributed by atoms with Crippen molar-refractivity contribution in [1.82, 2.24) is 5.32 Å². The van der Waals surface area contributed by atoms with Crippen molar-refractivity contribution < 1.29 is 23.9 Å². The van der Waals surface area contributed by atoms with Crippen molar-refractivity contribution in [1.29, 1.82) is 0 Å². The van der Waals surface area contributed by atoms with Gasteiger partial charge in [0.1, 0.15) is 17.6 Å². The Hall–Kier alpha value is -2.70. The van der Waals surface area contributed by atoms with Crippen molar-refractivity contribution in [2.45, 2.75) is 38.6 Å². The Bertz CT molecular complexity index is 653. The van der Waals surface area contributed by atoms with Crippen molar-refractivity contribution in [2.24, 2.45) is 11.7 Å². The van der Waals surface area contributed by atoms with Gasteiger partial charge >= 0.3 is 5.97 Å². The Morgan fingerprint density at radius 1 is 1.25 bits per heavy atom. The van der Waals surface area contributed by atoms with E-state index in [1.165, 1.54) is 31.2 Å². The molecule has 2 rings (SSSR count). The molecule has 0 radical (unpaired) electrons. The van der Waals surface area contributed by atoms with Gasteiger partial charge in [0.2, 0.25) is 5.91 Å². The van der Waals surface area contributed by atoms with Crippen LogP contribution in [0, 0.1) is 5.92 Å². The standard InChI is InChI=1S/C17H20N2O5/c1-10(20)24-14-7-5-11(6-8-14)17(23)19-15(16(18)22)12-3-2-4-13(21)9-12/h5-8,12,15H,2-4,9H2,1H3,(H2,18,22)(H,19,23)/t12-,15+/m1/s1. The number of carbonyl (C=O) groups is 4. The molecule has 1 aliphatic carbocycles. The predicted molar refractivity (Wildman–Crippen MR) is 85.2 cm³/mol. The lowest BCUT2D eigenvalue weighted by atomic mass is 9.82. The van der Waals surface area contributed by atoms with Gasteiger partial charge in [0.15, 0.2) is 0 Å². The van der Waals surface area contributed by atoms with Gasteiger partial charge in [0, 0.05) is 25.3 Å². The van der Waals surface area contributed by atoms with Crippen LogP contribution in [0.5, 0.6) is 5.75 Å². The zero-order chi connectivity index (χ0) is 17.7. The van der Waals surface area contributed by atoms with Crippen LogP contribution in [0.1, 0.15) is 43.0 Å². The molecule has 0 aliphatic heterocycles. The first kappa shape index (κ1) is 17.7. The van der Waals surface area contributed by atoms with E-state index in [1.807, 2.05) is 0 Å². The van der Waals surface area contributed by atoms with Gasteiger partial charge in [-0.3, -0.25) is 19.2 Å². The van der Waals surface area contributed by atoms with E-state index in [0.717, 1.165) is 0 Å². The Kier molecular flexibility index (Phi) is 5.68. The van der Waals surface area contributed by atoms with Gasteiger partial charge in [-0.2, -0.15) is 0 Å². The maximum absolute atomic E-state index is 12.3. The number of ketones is 1. The fourth-order valence-electron chi connectivity index (χ4n) is 2.83. The largest absolute Gasteiger partial charge is 0.427 e. The first-order chi connectivity index (χ1) is 11.4. The summed E-state index contributed by atoms with van der Waals surface area (Å²) in [5.41, 5.74) is 5.70. The minimum atomic E-state index is -0.880.